The zero-order valence-electron chi connectivity index (χ0n) is 13.8. The molecule has 3 rings (SSSR count). The van der Waals surface area contributed by atoms with E-state index in [9.17, 15) is 13.2 Å². The van der Waals surface area contributed by atoms with E-state index in [-0.39, 0.29) is 21.7 Å². The number of halogens is 3. The highest BCUT2D eigenvalue weighted by atomic mass is 32.2. The molecule has 9 heteroatoms. The van der Waals surface area contributed by atoms with Crippen LogP contribution in [0.1, 0.15) is 38.3 Å². The van der Waals surface area contributed by atoms with Crippen molar-refractivity contribution < 1.29 is 17.7 Å². The monoisotopic (exact) mass is 368 g/mol. The summed E-state index contributed by atoms with van der Waals surface area (Å²) in [5.74, 6) is -0.0473. The second kappa shape index (κ2) is 6.29. The third-order valence-corrected chi connectivity index (χ3v) is 4.27. The van der Waals surface area contributed by atoms with Gasteiger partial charge >= 0.3 is 6.18 Å². The van der Waals surface area contributed by atoms with Gasteiger partial charge in [-0.05, 0) is 6.07 Å². The molecule has 0 aliphatic heterocycles. The quantitative estimate of drug-likeness (QED) is 0.496. The third-order valence-electron chi connectivity index (χ3n) is 3.29. The number of nitrogens with zero attached hydrogens (tertiary/aromatic N) is 4. The highest BCUT2D eigenvalue weighted by Gasteiger charge is 2.35. The molecule has 0 aliphatic rings. The molecule has 0 atom stereocenters. The van der Waals surface area contributed by atoms with Crippen molar-refractivity contribution in [2.45, 2.75) is 43.1 Å². The molecule has 1 aromatic carbocycles. The lowest BCUT2D eigenvalue weighted by Gasteiger charge is -2.11. The number of thioether (sulfide) groups is 1. The Kier molecular flexibility index (Phi) is 4.44. The van der Waals surface area contributed by atoms with Gasteiger partial charge < -0.3 is 4.52 Å². The maximum atomic E-state index is 13.0. The zero-order chi connectivity index (χ0) is 18.2. The molecule has 3 aromatic rings. The zero-order valence-corrected chi connectivity index (χ0v) is 14.6. The van der Waals surface area contributed by atoms with E-state index in [1.165, 1.54) is 6.07 Å². The summed E-state index contributed by atoms with van der Waals surface area (Å²) in [6, 6.07) is 6.58. The van der Waals surface area contributed by atoms with Crippen LogP contribution in [0.3, 0.4) is 0 Å². The van der Waals surface area contributed by atoms with Crippen LogP contribution in [-0.2, 0) is 17.3 Å². The number of fused-ring (bicyclic) bond motifs is 1. The first-order valence-electron chi connectivity index (χ1n) is 7.44. The van der Waals surface area contributed by atoms with Crippen molar-refractivity contribution in [1.82, 2.24) is 20.1 Å². The summed E-state index contributed by atoms with van der Waals surface area (Å²) in [5.41, 5.74) is -0.0226. The van der Waals surface area contributed by atoms with Gasteiger partial charge in [-0.25, -0.2) is 9.97 Å². The number of rotatable bonds is 3. The molecular formula is C16H15F3N4OS. The maximum Gasteiger partial charge on any atom is 0.451 e. The Morgan fingerprint density at radius 3 is 2.36 bits per heavy atom. The normalized spacial score (nSPS) is 12.7. The molecule has 5 nitrogen and oxygen atoms in total. The summed E-state index contributed by atoms with van der Waals surface area (Å²) in [5, 5.41) is 4.69. The number of alkyl halides is 3. The van der Waals surface area contributed by atoms with Crippen LogP contribution in [0.15, 0.2) is 33.8 Å². The Balaban J connectivity index is 1.91. The van der Waals surface area contributed by atoms with Gasteiger partial charge in [-0.3, -0.25) is 0 Å². The average Bonchev–Trinajstić information content (AvgIpc) is 3.00. The molecule has 0 aliphatic carbocycles. The van der Waals surface area contributed by atoms with E-state index in [1.807, 2.05) is 20.8 Å². The first-order chi connectivity index (χ1) is 11.6. The summed E-state index contributed by atoms with van der Waals surface area (Å²) in [4.78, 5) is 11.6. The Labute approximate surface area is 146 Å². The van der Waals surface area contributed by atoms with E-state index in [0.717, 1.165) is 11.8 Å². The molecule has 0 amide bonds. The first kappa shape index (κ1) is 17.7. The molecule has 0 fully saturated rings. The van der Waals surface area contributed by atoms with Crippen molar-refractivity contribution in [2.75, 3.05) is 0 Å². The Morgan fingerprint density at radius 2 is 1.72 bits per heavy atom. The van der Waals surface area contributed by atoms with Crippen molar-refractivity contribution in [3.8, 4) is 0 Å². The lowest BCUT2D eigenvalue weighted by Crippen LogP contribution is -2.13. The van der Waals surface area contributed by atoms with Crippen molar-refractivity contribution in [1.29, 1.82) is 0 Å². The topological polar surface area (TPSA) is 64.7 Å². The first-order valence-corrected chi connectivity index (χ1v) is 8.43. The van der Waals surface area contributed by atoms with Gasteiger partial charge in [0, 0.05) is 10.8 Å². The van der Waals surface area contributed by atoms with Gasteiger partial charge in [0.05, 0.1) is 11.3 Å². The summed E-state index contributed by atoms with van der Waals surface area (Å²) in [6.45, 7) is 5.84. The van der Waals surface area contributed by atoms with Crippen LogP contribution >= 0.6 is 11.8 Å². The Bertz CT molecular complexity index is 902. The van der Waals surface area contributed by atoms with Crippen LogP contribution in [0.5, 0.6) is 0 Å². The predicted molar refractivity (Wildman–Crippen MR) is 87.1 cm³/mol. The summed E-state index contributed by atoms with van der Waals surface area (Å²) in [7, 11) is 0. The fourth-order valence-corrected chi connectivity index (χ4v) is 2.89. The number of benzene rings is 1. The predicted octanol–water partition coefficient (Wildman–Crippen LogP) is 4.62. The highest BCUT2D eigenvalue weighted by Crippen LogP contribution is 2.33. The minimum atomic E-state index is -4.61. The molecule has 2 heterocycles. The van der Waals surface area contributed by atoms with E-state index in [2.05, 4.69) is 20.1 Å². The van der Waals surface area contributed by atoms with Crippen molar-refractivity contribution in [2.24, 2.45) is 0 Å². The molecule has 0 saturated heterocycles. The molecule has 132 valence electrons. The van der Waals surface area contributed by atoms with Gasteiger partial charge in [-0.15, -0.1) is 0 Å². The number of aromatic nitrogens is 4. The van der Waals surface area contributed by atoms with E-state index < -0.39 is 12.0 Å². The molecule has 0 saturated carbocycles. The van der Waals surface area contributed by atoms with Crippen LogP contribution in [0.4, 0.5) is 13.2 Å². The second-order valence-corrected chi connectivity index (χ2v) is 7.38. The maximum absolute atomic E-state index is 13.0. The van der Waals surface area contributed by atoms with Crippen LogP contribution in [-0.4, -0.2) is 20.1 Å². The van der Waals surface area contributed by atoms with E-state index in [1.54, 1.807) is 18.2 Å². The number of para-hydroxylation sites is 1. The minimum Gasteiger partial charge on any atom is -0.338 e. The SMILES string of the molecule is CC(C)(C)c1noc(CSc2nc(C(F)(F)F)nc3ccccc23)n1. The van der Waals surface area contributed by atoms with Gasteiger partial charge in [-0.1, -0.05) is 55.9 Å². The van der Waals surface area contributed by atoms with Crippen molar-refractivity contribution >= 4 is 22.7 Å². The van der Waals surface area contributed by atoms with Gasteiger partial charge in [-0.2, -0.15) is 18.2 Å². The van der Waals surface area contributed by atoms with Gasteiger partial charge in [0.15, 0.2) is 5.82 Å². The van der Waals surface area contributed by atoms with Gasteiger partial charge in [0.2, 0.25) is 11.7 Å². The molecule has 0 unspecified atom stereocenters. The number of hydrogen-bond acceptors (Lipinski definition) is 6. The van der Waals surface area contributed by atoms with Crippen LogP contribution in [0.2, 0.25) is 0 Å². The molecule has 0 N–H and O–H groups in total. The van der Waals surface area contributed by atoms with E-state index in [4.69, 9.17) is 4.52 Å². The largest absolute Gasteiger partial charge is 0.451 e. The second-order valence-electron chi connectivity index (χ2n) is 6.42. The Hall–Kier alpha value is -2.16. The molecule has 0 bridgehead atoms. The van der Waals surface area contributed by atoms with Crippen molar-refractivity contribution in [3.63, 3.8) is 0 Å². The smallest absolute Gasteiger partial charge is 0.338 e. The molecular weight excluding hydrogens is 353 g/mol. The van der Waals surface area contributed by atoms with Crippen LogP contribution in [0.25, 0.3) is 10.9 Å². The fraction of sp³-hybridized carbons (Fsp3) is 0.375. The standard InChI is InChI=1S/C16H15F3N4OS/c1-15(2,3)13-21-11(24-23-13)8-25-12-9-6-4-5-7-10(9)20-14(22-12)16(17,18)19/h4-7H,8H2,1-3H3. The van der Waals surface area contributed by atoms with Crippen LogP contribution in [0, 0.1) is 0 Å². The lowest BCUT2D eigenvalue weighted by molar-refractivity contribution is -0.145. The highest BCUT2D eigenvalue weighted by molar-refractivity contribution is 7.98. The summed E-state index contributed by atoms with van der Waals surface area (Å²) >= 11 is 1.11. The average molecular weight is 368 g/mol. The van der Waals surface area contributed by atoms with E-state index >= 15 is 0 Å². The van der Waals surface area contributed by atoms with Crippen LogP contribution < -0.4 is 0 Å². The van der Waals surface area contributed by atoms with Gasteiger partial charge in [0.1, 0.15) is 5.03 Å². The number of hydrogen-bond donors (Lipinski definition) is 0. The molecule has 0 spiro atoms. The molecule has 2 aromatic heterocycles. The fourth-order valence-electron chi connectivity index (χ4n) is 2.03. The summed E-state index contributed by atoms with van der Waals surface area (Å²) < 4.78 is 44.2. The van der Waals surface area contributed by atoms with Gasteiger partial charge in [0.25, 0.3) is 0 Å². The Morgan fingerprint density at radius 1 is 1.00 bits per heavy atom. The third kappa shape index (κ3) is 3.92. The molecule has 25 heavy (non-hydrogen) atoms. The molecule has 0 radical (unpaired) electrons. The lowest BCUT2D eigenvalue weighted by atomic mass is 9.96. The van der Waals surface area contributed by atoms with Crippen molar-refractivity contribution in [3.05, 3.63) is 41.8 Å². The minimum absolute atomic E-state index is 0.224. The van der Waals surface area contributed by atoms with E-state index in [0.29, 0.717) is 17.1 Å². The summed E-state index contributed by atoms with van der Waals surface area (Å²) in [6.07, 6.45) is -4.61.